The first-order valence-corrected chi connectivity index (χ1v) is 9.55. The van der Waals surface area contributed by atoms with Gasteiger partial charge in [-0.1, -0.05) is 17.3 Å². The third-order valence-electron chi connectivity index (χ3n) is 5.72. The fourth-order valence-corrected chi connectivity index (χ4v) is 4.06. The lowest BCUT2D eigenvalue weighted by Crippen LogP contribution is -2.51. The van der Waals surface area contributed by atoms with E-state index in [1.807, 2.05) is 24.3 Å². The first-order valence-electron chi connectivity index (χ1n) is 9.55. The van der Waals surface area contributed by atoms with E-state index in [-0.39, 0.29) is 42.6 Å². The molecule has 5 rings (SSSR count). The molecule has 0 saturated carbocycles. The van der Waals surface area contributed by atoms with Crippen molar-refractivity contribution in [1.82, 2.24) is 19.9 Å². The van der Waals surface area contributed by atoms with Gasteiger partial charge in [0, 0.05) is 38.6 Å². The molecule has 3 aliphatic heterocycles. The molecule has 3 aliphatic rings. The van der Waals surface area contributed by atoms with Crippen molar-refractivity contribution in [2.24, 2.45) is 5.92 Å². The van der Waals surface area contributed by atoms with Gasteiger partial charge in [0.05, 0.1) is 12.3 Å². The van der Waals surface area contributed by atoms with Gasteiger partial charge in [0.1, 0.15) is 12.2 Å². The molecule has 0 radical (unpaired) electrons. The molecular weight excluding hydrogens is 360 g/mol. The van der Waals surface area contributed by atoms with Crippen LogP contribution in [0.4, 0.5) is 0 Å². The second kappa shape index (κ2) is 7.26. The zero-order valence-corrected chi connectivity index (χ0v) is 16.1. The number of carbonyl (C=O) groups excluding carboxylic acids is 3. The fraction of sp³-hybridized carbons (Fsp3) is 0.500. The third kappa shape index (κ3) is 3.34. The zero-order valence-electron chi connectivity index (χ0n) is 16.1. The summed E-state index contributed by atoms with van der Waals surface area (Å²) in [6, 6.07) is 7.34. The van der Waals surface area contributed by atoms with Crippen LogP contribution in [0.25, 0.3) is 11.0 Å². The SMILES string of the molecule is CN(C)C(=O)CN1C(=O)C2CCC1CN(C(=O)Cc1noc3ccccc13)C2. The predicted octanol–water partition coefficient (Wildman–Crippen LogP) is 0.908. The van der Waals surface area contributed by atoms with E-state index < -0.39 is 0 Å². The normalized spacial score (nSPS) is 21.9. The highest BCUT2D eigenvalue weighted by Crippen LogP contribution is 2.29. The van der Waals surface area contributed by atoms with E-state index in [1.165, 1.54) is 4.90 Å². The Hall–Kier alpha value is -2.90. The minimum Gasteiger partial charge on any atom is -0.356 e. The second-order valence-corrected chi connectivity index (χ2v) is 7.78. The van der Waals surface area contributed by atoms with E-state index in [0.717, 1.165) is 18.2 Å². The summed E-state index contributed by atoms with van der Waals surface area (Å²) in [6.45, 7) is 0.928. The van der Waals surface area contributed by atoms with Crippen LogP contribution in [0.15, 0.2) is 28.8 Å². The monoisotopic (exact) mass is 384 g/mol. The van der Waals surface area contributed by atoms with Crippen molar-refractivity contribution in [3.8, 4) is 0 Å². The summed E-state index contributed by atoms with van der Waals surface area (Å²) in [4.78, 5) is 42.8. The van der Waals surface area contributed by atoms with Crippen LogP contribution in [0.5, 0.6) is 0 Å². The Labute approximate surface area is 163 Å². The van der Waals surface area contributed by atoms with Gasteiger partial charge in [0.2, 0.25) is 17.7 Å². The van der Waals surface area contributed by atoms with Crippen molar-refractivity contribution < 1.29 is 18.9 Å². The molecule has 2 atom stereocenters. The maximum atomic E-state index is 13.0. The number of likely N-dealkylation sites (N-methyl/N-ethyl adjacent to an activating group) is 1. The average molecular weight is 384 g/mol. The minimum absolute atomic E-state index is 0.0198. The molecule has 0 spiro atoms. The molecular formula is C20H24N4O4. The largest absolute Gasteiger partial charge is 0.356 e. The molecule has 1 aromatic heterocycles. The smallest absolute Gasteiger partial charge is 0.241 e. The lowest BCUT2D eigenvalue weighted by molar-refractivity contribution is -0.145. The summed E-state index contributed by atoms with van der Waals surface area (Å²) < 4.78 is 5.29. The Bertz CT molecular complexity index is 922. The molecule has 8 heteroatoms. The van der Waals surface area contributed by atoms with Crippen molar-refractivity contribution in [3.63, 3.8) is 0 Å². The maximum absolute atomic E-state index is 13.0. The first-order chi connectivity index (χ1) is 13.4. The van der Waals surface area contributed by atoms with Crippen molar-refractivity contribution in [2.45, 2.75) is 25.3 Å². The topological polar surface area (TPSA) is 87.0 Å². The number of carbonyl (C=O) groups is 3. The Kier molecular flexibility index (Phi) is 4.78. The van der Waals surface area contributed by atoms with Gasteiger partial charge in [-0.3, -0.25) is 14.4 Å². The Morgan fingerprint density at radius 1 is 1.21 bits per heavy atom. The van der Waals surface area contributed by atoms with Crippen molar-refractivity contribution in [2.75, 3.05) is 33.7 Å². The van der Waals surface area contributed by atoms with Gasteiger partial charge >= 0.3 is 0 Å². The van der Waals surface area contributed by atoms with E-state index in [0.29, 0.717) is 24.4 Å². The Morgan fingerprint density at radius 2 is 2.00 bits per heavy atom. The van der Waals surface area contributed by atoms with Gasteiger partial charge in [-0.15, -0.1) is 0 Å². The summed E-state index contributed by atoms with van der Waals surface area (Å²) in [5.41, 5.74) is 1.27. The van der Waals surface area contributed by atoms with Crippen LogP contribution in [0, 0.1) is 5.92 Å². The predicted molar refractivity (Wildman–Crippen MR) is 101 cm³/mol. The molecule has 0 N–H and O–H groups in total. The van der Waals surface area contributed by atoms with Crippen LogP contribution >= 0.6 is 0 Å². The molecule has 4 heterocycles. The average Bonchev–Trinajstić information content (AvgIpc) is 2.88. The van der Waals surface area contributed by atoms with Crippen LogP contribution in [-0.2, 0) is 20.8 Å². The van der Waals surface area contributed by atoms with Crippen LogP contribution in [0.1, 0.15) is 18.5 Å². The quantitative estimate of drug-likeness (QED) is 0.782. The number of amides is 3. The molecule has 2 aromatic rings. The molecule has 2 unspecified atom stereocenters. The van der Waals surface area contributed by atoms with Crippen LogP contribution in [0.3, 0.4) is 0 Å². The molecule has 0 aliphatic carbocycles. The van der Waals surface area contributed by atoms with Gasteiger partial charge in [-0.2, -0.15) is 0 Å². The van der Waals surface area contributed by atoms with Gasteiger partial charge in [-0.05, 0) is 25.0 Å². The summed E-state index contributed by atoms with van der Waals surface area (Å²) in [7, 11) is 3.36. The van der Waals surface area contributed by atoms with Crippen molar-refractivity contribution in [1.29, 1.82) is 0 Å². The zero-order chi connectivity index (χ0) is 19.8. The third-order valence-corrected chi connectivity index (χ3v) is 5.72. The van der Waals surface area contributed by atoms with E-state index in [2.05, 4.69) is 5.16 Å². The van der Waals surface area contributed by atoms with Crippen molar-refractivity contribution >= 4 is 28.7 Å². The summed E-state index contributed by atoms with van der Waals surface area (Å²) >= 11 is 0. The van der Waals surface area contributed by atoms with Crippen molar-refractivity contribution in [3.05, 3.63) is 30.0 Å². The highest BCUT2D eigenvalue weighted by atomic mass is 16.5. The fourth-order valence-electron chi connectivity index (χ4n) is 4.06. The summed E-state index contributed by atoms with van der Waals surface area (Å²) in [5, 5.41) is 4.88. The van der Waals surface area contributed by atoms with Gasteiger partial charge in [0.25, 0.3) is 0 Å². The Balaban J connectivity index is 1.50. The lowest BCUT2D eigenvalue weighted by atomic mass is 9.94. The van der Waals surface area contributed by atoms with E-state index >= 15 is 0 Å². The number of piperidine rings is 1. The number of hydrogen-bond acceptors (Lipinski definition) is 5. The molecule has 2 bridgehead atoms. The molecule has 3 fully saturated rings. The standard InChI is InChI=1S/C20H24N4O4/c1-22(2)19(26)12-24-14-8-7-13(20(24)27)10-23(11-14)18(25)9-16-15-5-3-4-6-17(15)28-21-16/h3-6,13-14H,7-12H2,1-2H3. The highest BCUT2D eigenvalue weighted by Gasteiger charge is 2.42. The molecule has 3 amide bonds. The summed E-state index contributed by atoms with van der Waals surface area (Å²) in [5.74, 6) is -0.433. The van der Waals surface area contributed by atoms with Gasteiger partial charge in [0.15, 0.2) is 5.58 Å². The van der Waals surface area contributed by atoms with Crippen LogP contribution in [0.2, 0.25) is 0 Å². The maximum Gasteiger partial charge on any atom is 0.241 e. The van der Waals surface area contributed by atoms with Gasteiger partial charge in [-0.25, -0.2) is 0 Å². The van der Waals surface area contributed by atoms with E-state index in [1.54, 1.807) is 23.9 Å². The molecule has 148 valence electrons. The molecule has 28 heavy (non-hydrogen) atoms. The number of para-hydroxylation sites is 1. The second-order valence-electron chi connectivity index (χ2n) is 7.78. The van der Waals surface area contributed by atoms with E-state index in [4.69, 9.17) is 4.52 Å². The number of nitrogens with zero attached hydrogens (tertiary/aromatic N) is 4. The summed E-state index contributed by atoms with van der Waals surface area (Å²) in [6.07, 6.45) is 1.71. The number of hydrogen-bond donors (Lipinski definition) is 0. The number of benzene rings is 1. The molecule has 1 aromatic carbocycles. The minimum atomic E-state index is -0.244. The Morgan fingerprint density at radius 3 is 2.79 bits per heavy atom. The number of rotatable bonds is 4. The van der Waals surface area contributed by atoms with Crippen LogP contribution in [-0.4, -0.2) is 77.3 Å². The molecule has 8 nitrogen and oxygen atoms in total. The van der Waals surface area contributed by atoms with Gasteiger partial charge < -0.3 is 19.2 Å². The number of aromatic nitrogens is 1. The van der Waals surface area contributed by atoms with Crippen LogP contribution < -0.4 is 0 Å². The molecule has 3 saturated heterocycles. The highest BCUT2D eigenvalue weighted by molar-refractivity contribution is 5.89. The first kappa shape index (κ1) is 18.5. The van der Waals surface area contributed by atoms with E-state index in [9.17, 15) is 14.4 Å². The lowest BCUT2D eigenvalue weighted by Gasteiger charge is -2.35. The number of fused-ring (bicyclic) bond motifs is 5.